The molecular formula is C21H22N4O3. The van der Waals surface area contributed by atoms with Gasteiger partial charge in [-0.3, -0.25) is 18.7 Å². The van der Waals surface area contributed by atoms with Gasteiger partial charge in [0.25, 0.3) is 5.91 Å². The van der Waals surface area contributed by atoms with Crippen LogP contribution in [0.1, 0.15) is 23.2 Å². The van der Waals surface area contributed by atoms with E-state index in [1.165, 1.54) is 9.13 Å². The fourth-order valence-electron chi connectivity index (χ4n) is 3.69. The van der Waals surface area contributed by atoms with Gasteiger partial charge >= 0.3 is 5.69 Å². The molecule has 144 valence electrons. The predicted octanol–water partition coefficient (Wildman–Crippen LogP) is 2.21. The number of amides is 2. The van der Waals surface area contributed by atoms with Crippen molar-refractivity contribution in [1.29, 1.82) is 0 Å². The van der Waals surface area contributed by atoms with Gasteiger partial charge in [-0.1, -0.05) is 18.2 Å². The lowest BCUT2D eigenvalue weighted by Gasteiger charge is -2.15. The highest BCUT2D eigenvalue weighted by molar-refractivity contribution is 5.97. The first-order valence-electron chi connectivity index (χ1n) is 9.38. The molecule has 1 saturated heterocycles. The Morgan fingerprint density at radius 1 is 1.00 bits per heavy atom. The Morgan fingerprint density at radius 2 is 1.71 bits per heavy atom. The normalized spacial score (nSPS) is 13.8. The number of carbonyl (C=O) groups is 2. The van der Waals surface area contributed by atoms with Crippen LogP contribution in [0.15, 0.2) is 53.3 Å². The van der Waals surface area contributed by atoms with E-state index in [1.807, 2.05) is 29.2 Å². The number of imidazole rings is 1. The third-order valence-electron chi connectivity index (χ3n) is 5.14. The van der Waals surface area contributed by atoms with Crippen molar-refractivity contribution in [3.05, 3.63) is 64.6 Å². The summed E-state index contributed by atoms with van der Waals surface area (Å²) in [5.74, 6) is -0.330. The summed E-state index contributed by atoms with van der Waals surface area (Å²) in [6.07, 6.45) is 2.06. The van der Waals surface area contributed by atoms with Crippen molar-refractivity contribution in [3.8, 4) is 0 Å². The van der Waals surface area contributed by atoms with Crippen LogP contribution >= 0.6 is 0 Å². The average molecular weight is 378 g/mol. The number of carbonyl (C=O) groups excluding carboxylic acids is 2. The number of aromatic nitrogens is 2. The SMILES string of the molecule is Cn1c(=O)n(CC(=O)Nc2cccc(C(=O)N3CCCC3)c2)c2ccccc21. The lowest BCUT2D eigenvalue weighted by Crippen LogP contribution is -2.29. The van der Waals surface area contributed by atoms with E-state index < -0.39 is 0 Å². The third-order valence-corrected chi connectivity index (χ3v) is 5.14. The number of likely N-dealkylation sites (tertiary alicyclic amines) is 1. The van der Waals surface area contributed by atoms with E-state index in [2.05, 4.69) is 5.32 Å². The summed E-state index contributed by atoms with van der Waals surface area (Å²) in [5.41, 5.74) is 2.35. The molecule has 1 aliphatic rings. The zero-order valence-corrected chi connectivity index (χ0v) is 15.7. The van der Waals surface area contributed by atoms with Gasteiger partial charge < -0.3 is 10.2 Å². The number of rotatable bonds is 4. The van der Waals surface area contributed by atoms with Crippen LogP contribution in [0.25, 0.3) is 11.0 Å². The van der Waals surface area contributed by atoms with Crippen LogP contribution in [0.4, 0.5) is 5.69 Å². The van der Waals surface area contributed by atoms with Crippen molar-refractivity contribution in [1.82, 2.24) is 14.0 Å². The molecule has 0 aliphatic carbocycles. The van der Waals surface area contributed by atoms with Crippen LogP contribution in [0, 0.1) is 0 Å². The van der Waals surface area contributed by atoms with E-state index in [4.69, 9.17) is 0 Å². The molecular weight excluding hydrogens is 356 g/mol. The highest BCUT2D eigenvalue weighted by Crippen LogP contribution is 2.17. The summed E-state index contributed by atoms with van der Waals surface area (Å²) in [4.78, 5) is 39.4. The largest absolute Gasteiger partial charge is 0.339 e. The van der Waals surface area contributed by atoms with Gasteiger partial charge in [0.05, 0.1) is 11.0 Å². The lowest BCUT2D eigenvalue weighted by atomic mass is 10.1. The minimum Gasteiger partial charge on any atom is -0.339 e. The molecule has 1 N–H and O–H groups in total. The van der Waals surface area contributed by atoms with Crippen molar-refractivity contribution in [2.45, 2.75) is 19.4 Å². The minimum atomic E-state index is -0.316. The molecule has 0 bridgehead atoms. The molecule has 0 spiro atoms. The molecule has 3 aromatic rings. The minimum absolute atomic E-state index is 0.0149. The van der Waals surface area contributed by atoms with Gasteiger partial charge in [-0.05, 0) is 43.2 Å². The third kappa shape index (κ3) is 3.31. The Kier molecular flexibility index (Phi) is 4.73. The maximum absolute atomic E-state index is 12.5. The number of nitrogens with zero attached hydrogens (tertiary/aromatic N) is 3. The fraction of sp³-hybridized carbons (Fsp3) is 0.286. The maximum Gasteiger partial charge on any atom is 0.329 e. The van der Waals surface area contributed by atoms with Crippen molar-refractivity contribution in [2.75, 3.05) is 18.4 Å². The summed E-state index contributed by atoms with van der Waals surface area (Å²) >= 11 is 0. The first-order chi connectivity index (χ1) is 13.5. The zero-order valence-electron chi connectivity index (χ0n) is 15.7. The van der Waals surface area contributed by atoms with Crippen LogP contribution < -0.4 is 11.0 Å². The Balaban J connectivity index is 1.52. The van der Waals surface area contributed by atoms with Crippen LogP contribution in [0.3, 0.4) is 0 Å². The molecule has 0 atom stereocenters. The molecule has 0 unspecified atom stereocenters. The second-order valence-corrected chi connectivity index (χ2v) is 7.04. The van der Waals surface area contributed by atoms with Crippen LogP contribution in [0.5, 0.6) is 0 Å². The van der Waals surface area contributed by atoms with Crippen molar-refractivity contribution >= 4 is 28.5 Å². The summed E-state index contributed by atoms with van der Waals surface area (Å²) in [6.45, 7) is 1.46. The molecule has 2 aromatic carbocycles. The van der Waals surface area contributed by atoms with Crippen molar-refractivity contribution in [2.24, 2.45) is 7.05 Å². The molecule has 1 aromatic heterocycles. The molecule has 0 saturated carbocycles. The van der Waals surface area contributed by atoms with Gasteiger partial charge in [0.1, 0.15) is 6.54 Å². The Morgan fingerprint density at radius 3 is 2.46 bits per heavy atom. The first kappa shape index (κ1) is 18.0. The lowest BCUT2D eigenvalue weighted by molar-refractivity contribution is -0.116. The summed E-state index contributed by atoms with van der Waals surface area (Å²) < 4.78 is 2.97. The van der Waals surface area contributed by atoms with Gasteiger partial charge in [0.15, 0.2) is 0 Å². The number of benzene rings is 2. The molecule has 1 aliphatic heterocycles. The number of fused-ring (bicyclic) bond motifs is 1. The van der Waals surface area contributed by atoms with Crippen LogP contribution in [-0.2, 0) is 18.4 Å². The van der Waals surface area contributed by atoms with E-state index in [0.717, 1.165) is 31.4 Å². The zero-order chi connectivity index (χ0) is 19.7. The predicted molar refractivity (Wildman–Crippen MR) is 107 cm³/mol. The average Bonchev–Trinajstić information content (AvgIpc) is 3.32. The molecule has 2 heterocycles. The van der Waals surface area contributed by atoms with Gasteiger partial charge in [0.2, 0.25) is 5.91 Å². The number of para-hydroxylation sites is 2. The highest BCUT2D eigenvalue weighted by Gasteiger charge is 2.20. The number of hydrogen-bond acceptors (Lipinski definition) is 3. The van der Waals surface area contributed by atoms with E-state index in [9.17, 15) is 14.4 Å². The summed E-state index contributed by atoms with van der Waals surface area (Å²) in [7, 11) is 1.69. The molecule has 7 nitrogen and oxygen atoms in total. The van der Waals surface area contributed by atoms with E-state index in [0.29, 0.717) is 16.8 Å². The van der Waals surface area contributed by atoms with Crippen LogP contribution in [-0.4, -0.2) is 38.9 Å². The standard InChI is InChI=1S/C21H22N4O3/c1-23-17-9-2-3-10-18(17)25(21(23)28)14-19(26)22-16-8-6-7-15(13-16)20(27)24-11-4-5-12-24/h2-3,6-10,13H,4-5,11-12,14H2,1H3,(H,22,26). The van der Waals surface area contributed by atoms with Crippen molar-refractivity contribution < 1.29 is 9.59 Å². The molecule has 1 fully saturated rings. The summed E-state index contributed by atoms with van der Waals surface area (Å²) in [6, 6.07) is 14.3. The molecule has 2 amide bonds. The summed E-state index contributed by atoms with van der Waals surface area (Å²) in [5, 5.41) is 2.80. The van der Waals surface area contributed by atoms with E-state index >= 15 is 0 Å². The van der Waals surface area contributed by atoms with Gasteiger partial charge in [-0.25, -0.2) is 4.79 Å². The fourth-order valence-corrected chi connectivity index (χ4v) is 3.69. The smallest absolute Gasteiger partial charge is 0.329 e. The Bertz CT molecular complexity index is 1110. The molecule has 4 rings (SSSR count). The monoisotopic (exact) mass is 378 g/mol. The second-order valence-electron chi connectivity index (χ2n) is 7.04. The quantitative estimate of drug-likeness (QED) is 0.756. The highest BCUT2D eigenvalue weighted by atomic mass is 16.2. The van der Waals surface area contributed by atoms with Gasteiger partial charge in [-0.2, -0.15) is 0 Å². The van der Waals surface area contributed by atoms with E-state index in [-0.39, 0.29) is 24.0 Å². The second kappa shape index (κ2) is 7.34. The van der Waals surface area contributed by atoms with E-state index in [1.54, 1.807) is 31.3 Å². The molecule has 28 heavy (non-hydrogen) atoms. The number of nitrogens with one attached hydrogen (secondary N) is 1. The van der Waals surface area contributed by atoms with Crippen LogP contribution in [0.2, 0.25) is 0 Å². The maximum atomic E-state index is 12.5. The topological polar surface area (TPSA) is 76.3 Å². The van der Waals surface area contributed by atoms with Crippen molar-refractivity contribution in [3.63, 3.8) is 0 Å². The Labute approximate surface area is 162 Å². The number of hydrogen-bond donors (Lipinski definition) is 1. The number of anilines is 1. The molecule has 0 radical (unpaired) electrons. The Hall–Kier alpha value is -3.35. The number of aryl methyl sites for hydroxylation is 1. The van der Waals surface area contributed by atoms with Gasteiger partial charge in [-0.15, -0.1) is 0 Å². The first-order valence-corrected chi connectivity index (χ1v) is 9.38. The van der Waals surface area contributed by atoms with Gasteiger partial charge in [0, 0.05) is 31.4 Å². The molecule has 7 heteroatoms.